The van der Waals surface area contributed by atoms with Crippen molar-refractivity contribution < 1.29 is 9.84 Å². The summed E-state index contributed by atoms with van der Waals surface area (Å²) in [5, 5.41) is 14.6. The molecular weight excluding hydrogens is 313 g/mol. The SMILES string of the molecule is OC[C@H]1CC[C@](Cn2cncn2)(c2ccc(Cl)cc2Cl)O1. The van der Waals surface area contributed by atoms with Crippen molar-refractivity contribution in [2.45, 2.75) is 31.1 Å². The third-order valence-electron chi connectivity index (χ3n) is 3.77. The number of aliphatic hydroxyl groups excluding tert-OH is 1. The Morgan fingerprint density at radius 2 is 2.29 bits per heavy atom. The fraction of sp³-hybridized carbons (Fsp3) is 0.429. The standard InChI is InChI=1S/C14H15Cl2N3O2/c15-10-1-2-12(13(16)5-10)14(4-3-11(6-20)21-14)7-19-9-17-8-18-19/h1-2,5,8-9,11,20H,3-4,6-7H2/t11-,14+/m1/s1. The minimum Gasteiger partial charge on any atom is -0.394 e. The number of aromatic nitrogens is 3. The molecule has 0 radical (unpaired) electrons. The van der Waals surface area contributed by atoms with E-state index >= 15 is 0 Å². The molecule has 7 heteroatoms. The molecule has 0 amide bonds. The van der Waals surface area contributed by atoms with E-state index in [1.165, 1.54) is 6.33 Å². The zero-order valence-electron chi connectivity index (χ0n) is 11.2. The average molecular weight is 328 g/mol. The number of aliphatic hydroxyl groups is 1. The van der Waals surface area contributed by atoms with Crippen molar-refractivity contribution in [1.29, 1.82) is 0 Å². The van der Waals surface area contributed by atoms with E-state index in [-0.39, 0.29) is 12.7 Å². The maximum absolute atomic E-state index is 9.37. The van der Waals surface area contributed by atoms with Crippen molar-refractivity contribution >= 4 is 23.2 Å². The smallest absolute Gasteiger partial charge is 0.137 e. The first-order valence-corrected chi connectivity index (χ1v) is 7.45. The molecule has 1 N–H and O–H groups in total. The van der Waals surface area contributed by atoms with Crippen molar-refractivity contribution in [2.24, 2.45) is 0 Å². The van der Waals surface area contributed by atoms with Crippen LogP contribution in [0.15, 0.2) is 30.9 Å². The van der Waals surface area contributed by atoms with Gasteiger partial charge in [0.05, 0.1) is 19.3 Å². The van der Waals surface area contributed by atoms with E-state index in [9.17, 15) is 5.11 Å². The maximum Gasteiger partial charge on any atom is 0.137 e. The van der Waals surface area contributed by atoms with E-state index in [1.807, 2.05) is 6.07 Å². The summed E-state index contributed by atoms with van der Waals surface area (Å²) in [4.78, 5) is 3.96. The molecular formula is C14H15Cl2N3O2. The van der Waals surface area contributed by atoms with E-state index < -0.39 is 5.60 Å². The highest BCUT2D eigenvalue weighted by Crippen LogP contribution is 2.43. The average Bonchev–Trinajstić information content (AvgIpc) is 3.09. The Balaban J connectivity index is 1.99. The molecule has 1 aliphatic heterocycles. The van der Waals surface area contributed by atoms with Gasteiger partial charge in [-0.1, -0.05) is 29.3 Å². The fourth-order valence-electron chi connectivity index (χ4n) is 2.79. The lowest BCUT2D eigenvalue weighted by atomic mass is 9.90. The summed E-state index contributed by atoms with van der Waals surface area (Å²) in [5.74, 6) is 0. The molecule has 0 bridgehead atoms. The molecule has 0 saturated carbocycles. The Kier molecular flexibility index (Phi) is 4.17. The van der Waals surface area contributed by atoms with E-state index in [0.29, 0.717) is 16.6 Å². The van der Waals surface area contributed by atoms with Gasteiger partial charge in [-0.25, -0.2) is 9.67 Å². The summed E-state index contributed by atoms with van der Waals surface area (Å²) >= 11 is 12.3. The van der Waals surface area contributed by atoms with Crippen LogP contribution in [0.4, 0.5) is 0 Å². The molecule has 1 aromatic heterocycles. The van der Waals surface area contributed by atoms with Crippen molar-refractivity contribution in [3.8, 4) is 0 Å². The van der Waals surface area contributed by atoms with Gasteiger partial charge in [0.15, 0.2) is 0 Å². The highest BCUT2D eigenvalue weighted by molar-refractivity contribution is 6.35. The highest BCUT2D eigenvalue weighted by Gasteiger charge is 2.43. The fourth-order valence-corrected chi connectivity index (χ4v) is 3.37. The van der Waals surface area contributed by atoms with E-state index in [1.54, 1.807) is 23.1 Å². The minimum atomic E-state index is -0.622. The van der Waals surface area contributed by atoms with Crippen LogP contribution in [0.2, 0.25) is 10.0 Å². The van der Waals surface area contributed by atoms with Crippen molar-refractivity contribution in [1.82, 2.24) is 14.8 Å². The number of benzene rings is 1. The Morgan fingerprint density at radius 3 is 2.90 bits per heavy atom. The largest absolute Gasteiger partial charge is 0.394 e. The van der Waals surface area contributed by atoms with E-state index in [4.69, 9.17) is 27.9 Å². The molecule has 2 atom stereocenters. The topological polar surface area (TPSA) is 60.2 Å². The number of rotatable bonds is 4. The lowest BCUT2D eigenvalue weighted by Crippen LogP contribution is -2.33. The molecule has 1 saturated heterocycles. The first-order valence-electron chi connectivity index (χ1n) is 6.69. The Labute approximate surface area is 132 Å². The van der Waals surface area contributed by atoms with Crippen LogP contribution < -0.4 is 0 Å². The molecule has 1 fully saturated rings. The zero-order chi connectivity index (χ0) is 14.9. The van der Waals surface area contributed by atoms with Crippen molar-refractivity contribution in [3.63, 3.8) is 0 Å². The van der Waals surface area contributed by atoms with Crippen LogP contribution in [0, 0.1) is 0 Å². The lowest BCUT2D eigenvalue weighted by molar-refractivity contribution is -0.0747. The van der Waals surface area contributed by atoms with Crippen LogP contribution >= 0.6 is 23.2 Å². The van der Waals surface area contributed by atoms with Gasteiger partial charge in [-0.3, -0.25) is 0 Å². The third kappa shape index (κ3) is 2.92. The number of halogens is 2. The molecule has 1 aliphatic rings. The van der Waals surface area contributed by atoms with Gasteiger partial charge in [0, 0.05) is 15.6 Å². The first-order chi connectivity index (χ1) is 10.1. The van der Waals surface area contributed by atoms with Crippen molar-refractivity contribution in [3.05, 3.63) is 46.5 Å². The Bertz CT molecular complexity index is 621. The molecule has 2 aromatic rings. The number of nitrogens with zero attached hydrogens (tertiary/aromatic N) is 3. The Morgan fingerprint density at radius 1 is 1.43 bits per heavy atom. The second-order valence-electron chi connectivity index (χ2n) is 5.17. The number of ether oxygens (including phenoxy) is 1. The van der Waals surface area contributed by atoms with Gasteiger partial charge in [-0.15, -0.1) is 0 Å². The van der Waals surface area contributed by atoms with Gasteiger partial charge in [0.2, 0.25) is 0 Å². The van der Waals surface area contributed by atoms with Gasteiger partial charge < -0.3 is 9.84 Å². The highest BCUT2D eigenvalue weighted by atomic mass is 35.5. The lowest BCUT2D eigenvalue weighted by Gasteiger charge is -2.30. The molecule has 0 unspecified atom stereocenters. The molecule has 0 spiro atoms. The maximum atomic E-state index is 9.37. The molecule has 0 aliphatic carbocycles. The normalized spacial score (nSPS) is 25.4. The second kappa shape index (κ2) is 5.93. The summed E-state index contributed by atoms with van der Waals surface area (Å²) in [6.45, 7) is 0.481. The van der Waals surface area contributed by atoms with Gasteiger partial charge in [-0.05, 0) is 25.0 Å². The van der Waals surface area contributed by atoms with Gasteiger partial charge in [-0.2, -0.15) is 5.10 Å². The minimum absolute atomic E-state index is 0.00961. The predicted molar refractivity (Wildman–Crippen MR) is 79.4 cm³/mol. The monoisotopic (exact) mass is 327 g/mol. The molecule has 21 heavy (non-hydrogen) atoms. The summed E-state index contributed by atoms with van der Waals surface area (Å²) in [5.41, 5.74) is 0.239. The predicted octanol–water partition coefficient (Wildman–Crippen LogP) is 2.65. The zero-order valence-corrected chi connectivity index (χ0v) is 12.8. The second-order valence-corrected chi connectivity index (χ2v) is 6.02. The van der Waals surface area contributed by atoms with Gasteiger partial charge >= 0.3 is 0 Å². The van der Waals surface area contributed by atoms with Crippen LogP contribution in [0.1, 0.15) is 18.4 Å². The number of hydrogen-bond donors (Lipinski definition) is 1. The van der Waals surface area contributed by atoms with Crippen LogP contribution in [-0.4, -0.2) is 32.6 Å². The molecule has 1 aromatic carbocycles. The summed E-state index contributed by atoms with van der Waals surface area (Å²) in [6.07, 6.45) is 4.45. The summed E-state index contributed by atoms with van der Waals surface area (Å²) in [6, 6.07) is 5.38. The quantitative estimate of drug-likeness (QED) is 0.937. The number of hydrogen-bond acceptors (Lipinski definition) is 4. The van der Waals surface area contributed by atoms with Crippen molar-refractivity contribution in [2.75, 3.05) is 6.61 Å². The van der Waals surface area contributed by atoms with Crippen LogP contribution in [0.25, 0.3) is 0 Å². The summed E-state index contributed by atoms with van der Waals surface area (Å²) < 4.78 is 7.83. The third-order valence-corrected chi connectivity index (χ3v) is 4.32. The van der Waals surface area contributed by atoms with Gasteiger partial charge in [0.25, 0.3) is 0 Å². The molecule has 3 rings (SSSR count). The van der Waals surface area contributed by atoms with Crippen LogP contribution in [-0.2, 0) is 16.9 Å². The summed E-state index contributed by atoms with van der Waals surface area (Å²) in [7, 11) is 0. The van der Waals surface area contributed by atoms with E-state index in [2.05, 4.69) is 10.1 Å². The molecule has 112 valence electrons. The Hall–Kier alpha value is -1.14. The van der Waals surface area contributed by atoms with E-state index in [0.717, 1.165) is 18.4 Å². The van der Waals surface area contributed by atoms with Gasteiger partial charge in [0.1, 0.15) is 18.3 Å². The van der Waals surface area contributed by atoms with Crippen LogP contribution in [0.3, 0.4) is 0 Å². The molecule has 5 nitrogen and oxygen atoms in total. The first kappa shape index (κ1) is 14.8. The van der Waals surface area contributed by atoms with Crippen LogP contribution in [0.5, 0.6) is 0 Å². The molecule has 2 heterocycles.